The lowest BCUT2D eigenvalue weighted by Crippen LogP contribution is -1.75. The SMILES string of the molecule is Cl.Nc1cc[nH]c1. The number of nitrogens with one attached hydrogen (secondary N) is 1. The number of aromatic nitrogens is 1. The summed E-state index contributed by atoms with van der Waals surface area (Å²) in [5, 5.41) is 0. The summed E-state index contributed by atoms with van der Waals surface area (Å²) in [5.41, 5.74) is 6.03. The van der Waals surface area contributed by atoms with E-state index >= 15 is 0 Å². The van der Waals surface area contributed by atoms with Gasteiger partial charge < -0.3 is 10.7 Å². The summed E-state index contributed by atoms with van der Waals surface area (Å²) in [6, 6.07) is 1.81. The minimum atomic E-state index is 0. The standard InChI is InChI=1S/C4H6N2.ClH/c5-4-1-2-6-3-4;/h1-3,6H,5H2;1H. The summed E-state index contributed by atoms with van der Waals surface area (Å²) in [6.07, 6.45) is 3.52. The van der Waals surface area contributed by atoms with Crippen LogP contribution in [0.25, 0.3) is 0 Å². The van der Waals surface area contributed by atoms with Gasteiger partial charge in [-0.3, -0.25) is 0 Å². The number of hydrogen-bond acceptors (Lipinski definition) is 1. The van der Waals surface area contributed by atoms with Crippen LogP contribution in [0.15, 0.2) is 18.5 Å². The molecule has 7 heavy (non-hydrogen) atoms. The highest BCUT2D eigenvalue weighted by molar-refractivity contribution is 5.85. The Hall–Kier alpha value is -0.630. The fraction of sp³-hybridized carbons (Fsp3) is 0. The lowest BCUT2D eigenvalue weighted by atomic mass is 10.6. The molecule has 0 atom stereocenters. The average molecular weight is 119 g/mol. The number of H-pyrrole nitrogens is 1. The molecule has 0 fully saturated rings. The van der Waals surface area contributed by atoms with Gasteiger partial charge in [0.05, 0.1) is 0 Å². The second-order valence-electron chi connectivity index (χ2n) is 1.14. The molecule has 0 aromatic carbocycles. The van der Waals surface area contributed by atoms with Gasteiger partial charge in [0.1, 0.15) is 0 Å². The molecular weight excluding hydrogens is 112 g/mol. The second-order valence-corrected chi connectivity index (χ2v) is 1.14. The fourth-order valence-electron chi connectivity index (χ4n) is 0.337. The molecule has 0 radical (unpaired) electrons. The van der Waals surface area contributed by atoms with Crippen molar-refractivity contribution in [1.82, 2.24) is 4.98 Å². The number of nitrogens with two attached hydrogens (primary N) is 1. The number of anilines is 1. The van der Waals surface area contributed by atoms with Crippen LogP contribution in [0.2, 0.25) is 0 Å². The van der Waals surface area contributed by atoms with E-state index in [1.807, 2.05) is 0 Å². The molecule has 0 spiro atoms. The summed E-state index contributed by atoms with van der Waals surface area (Å²) in [4.78, 5) is 2.80. The topological polar surface area (TPSA) is 41.8 Å². The molecule has 1 heterocycles. The lowest BCUT2D eigenvalue weighted by molar-refractivity contribution is 1.42. The molecule has 0 aliphatic carbocycles. The smallest absolute Gasteiger partial charge is 0.0491 e. The summed E-state index contributed by atoms with van der Waals surface area (Å²) >= 11 is 0. The minimum absolute atomic E-state index is 0. The van der Waals surface area contributed by atoms with Crippen LogP contribution in [-0.4, -0.2) is 4.98 Å². The molecule has 1 aromatic heterocycles. The Balaban J connectivity index is 0.000000360. The van der Waals surface area contributed by atoms with Gasteiger partial charge in [-0.05, 0) is 6.07 Å². The molecule has 1 rings (SSSR count). The normalized spacial score (nSPS) is 7.43. The van der Waals surface area contributed by atoms with Crippen LogP contribution in [0.5, 0.6) is 0 Å². The Labute approximate surface area is 48.1 Å². The average Bonchev–Trinajstić information content (AvgIpc) is 1.86. The van der Waals surface area contributed by atoms with Crippen LogP contribution >= 0.6 is 12.4 Å². The minimum Gasteiger partial charge on any atom is -0.398 e. The maximum Gasteiger partial charge on any atom is 0.0491 e. The highest BCUT2D eigenvalue weighted by atomic mass is 35.5. The van der Waals surface area contributed by atoms with Gasteiger partial charge >= 0.3 is 0 Å². The largest absolute Gasteiger partial charge is 0.398 e. The Morgan fingerprint density at radius 1 is 1.57 bits per heavy atom. The maximum atomic E-state index is 5.25. The first-order valence-electron chi connectivity index (χ1n) is 1.78. The van der Waals surface area contributed by atoms with E-state index in [4.69, 9.17) is 5.73 Å². The molecule has 1 aromatic rings. The molecule has 2 nitrogen and oxygen atoms in total. The predicted octanol–water partition coefficient (Wildman–Crippen LogP) is 1.02. The molecule has 3 N–H and O–H groups in total. The van der Waals surface area contributed by atoms with E-state index in [-0.39, 0.29) is 12.4 Å². The second kappa shape index (κ2) is 2.53. The van der Waals surface area contributed by atoms with E-state index in [0.717, 1.165) is 5.69 Å². The molecule has 3 heteroatoms. The molecule has 0 saturated heterocycles. The highest BCUT2D eigenvalue weighted by Gasteiger charge is 1.73. The number of hydrogen-bond donors (Lipinski definition) is 2. The summed E-state index contributed by atoms with van der Waals surface area (Å²) < 4.78 is 0. The Morgan fingerprint density at radius 3 is 2.43 bits per heavy atom. The highest BCUT2D eigenvalue weighted by Crippen LogP contribution is 1.92. The Morgan fingerprint density at radius 2 is 2.29 bits per heavy atom. The predicted molar refractivity (Wildman–Crippen MR) is 32.5 cm³/mol. The van der Waals surface area contributed by atoms with E-state index in [0.29, 0.717) is 0 Å². The van der Waals surface area contributed by atoms with Crippen LogP contribution in [0, 0.1) is 0 Å². The number of aromatic amines is 1. The molecule has 0 bridgehead atoms. The number of nitrogen functional groups attached to an aromatic ring is 1. The van der Waals surface area contributed by atoms with Crippen molar-refractivity contribution in [1.29, 1.82) is 0 Å². The van der Waals surface area contributed by atoms with E-state index in [2.05, 4.69) is 4.98 Å². The van der Waals surface area contributed by atoms with Gasteiger partial charge in [-0.25, -0.2) is 0 Å². The molecule has 0 amide bonds. The summed E-state index contributed by atoms with van der Waals surface area (Å²) in [6.45, 7) is 0. The van der Waals surface area contributed by atoms with Gasteiger partial charge in [0.25, 0.3) is 0 Å². The van der Waals surface area contributed by atoms with Gasteiger partial charge in [-0.15, -0.1) is 12.4 Å². The third kappa shape index (κ3) is 1.50. The summed E-state index contributed by atoms with van der Waals surface area (Å²) in [7, 11) is 0. The van der Waals surface area contributed by atoms with Crippen molar-refractivity contribution in [3.05, 3.63) is 18.5 Å². The Bertz CT molecular complexity index is 113. The first-order chi connectivity index (χ1) is 2.89. The molecule has 0 aliphatic heterocycles. The van der Waals surface area contributed by atoms with Crippen LogP contribution in [-0.2, 0) is 0 Å². The molecule has 0 unspecified atom stereocenters. The van der Waals surface area contributed by atoms with Crippen molar-refractivity contribution >= 4 is 18.1 Å². The van der Waals surface area contributed by atoms with E-state index in [1.165, 1.54) is 0 Å². The maximum absolute atomic E-state index is 5.25. The van der Waals surface area contributed by atoms with E-state index < -0.39 is 0 Å². The monoisotopic (exact) mass is 118 g/mol. The van der Waals surface area contributed by atoms with Gasteiger partial charge in [-0.1, -0.05) is 0 Å². The summed E-state index contributed by atoms with van der Waals surface area (Å²) in [5.74, 6) is 0. The molecule has 0 saturated carbocycles. The first-order valence-corrected chi connectivity index (χ1v) is 1.78. The zero-order valence-electron chi connectivity index (χ0n) is 3.72. The van der Waals surface area contributed by atoms with Crippen molar-refractivity contribution in [2.75, 3.05) is 5.73 Å². The molecular formula is C4H7ClN2. The van der Waals surface area contributed by atoms with Crippen molar-refractivity contribution in [2.45, 2.75) is 0 Å². The quantitative estimate of drug-likeness (QED) is 0.525. The number of rotatable bonds is 0. The van der Waals surface area contributed by atoms with Crippen LogP contribution in [0.1, 0.15) is 0 Å². The number of halogens is 1. The van der Waals surface area contributed by atoms with Crippen molar-refractivity contribution in [3.8, 4) is 0 Å². The van der Waals surface area contributed by atoms with Gasteiger partial charge in [-0.2, -0.15) is 0 Å². The fourth-order valence-corrected chi connectivity index (χ4v) is 0.337. The van der Waals surface area contributed by atoms with Crippen LogP contribution < -0.4 is 5.73 Å². The van der Waals surface area contributed by atoms with Crippen molar-refractivity contribution in [3.63, 3.8) is 0 Å². The Kier molecular flexibility index (Phi) is 2.30. The van der Waals surface area contributed by atoms with Gasteiger partial charge in [0.2, 0.25) is 0 Å². The van der Waals surface area contributed by atoms with Crippen LogP contribution in [0.3, 0.4) is 0 Å². The molecule has 40 valence electrons. The van der Waals surface area contributed by atoms with E-state index in [9.17, 15) is 0 Å². The van der Waals surface area contributed by atoms with Crippen molar-refractivity contribution in [2.24, 2.45) is 0 Å². The van der Waals surface area contributed by atoms with Gasteiger partial charge in [0.15, 0.2) is 0 Å². The third-order valence-electron chi connectivity index (χ3n) is 0.622. The zero-order chi connectivity index (χ0) is 4.41. The first kappa shape index (κ1) is 6.37. The van der Waals surface area contributed by atoms with Gasteiger partial charge in [0, 0.05) is 18.1 Å². The van der Waals surface area contributed by atoms with Crippen LogP contribution in [0.4, 0.5) is 5.69 Å². The third-order valence-corrected chi connectivity index (χ3v) is 0.622. The lowest BCUT2D eigenvalue weighted by Gasteiger charge is -1.69. The van der Waals surface area contributed by atoms with Crippen molar-refractivity contribution < 1.29 is 0 Å². The van der Waals surface area contributed by atoms with E-state index in [1.54, 1.807) is 18.5 Å². The molecule has 0 aliphatic rings. The zero-order valence-corrected chi connectivity index (χ0v) is 4.53.